The van der Waals surface area contributed by atoms with Crippen molar-refractivity contribution >= 4 is 16.9 Å². The molecule has 0 unspecified atom stereocenters. The summed E-state index contributed by atoms with van der Waals surface area (Å²) in [6, 6.07) is 6.78. The van der Waals surface area contributed by atoms with Crippen LogP contribution in [0.4, 0.5) is 0 Å². The van der Waals surface area contributed by atoms with Crippen LogP contribution in [0.3, 0.4) is 0 Å². The molecule has 1 aliphatic carbocycles. The van der Waals surface area contributed by atoms with Crippen molar-refractivity contribution in [3.8, 4) is 0 Å². The lowest BCUT2D eigenvalue weighted by Crippen LogP contribution is -2.49. The second-order valence-electron chi connectivity index (χ2n) is 6.17. The van der Waals surface area contributed by atoms with Crippen molar-refractivity contribution in [3.05, 3.63) is 35.5 Å². The van der Waals surface area contributed by atoms with Gasteiger partial charge in [-0.25, -0.2) is 0 Å². The second kappa shape index (κ2) is 4.09. The normalized spacial score (nSPS) is 29.4. The first-order chi connectivity index (χ1) is 9.65. The van der Waals surface area contributed by atoms with Crippen molar-refractivity contribution in [3.63, 3.8) is 0 Å². The van der Waals surface area contributed by atoms with Gasteiger partial charge in [0.15, 0.2) is 0 Å². The van der Waals surface area contributed by atoms with Crippen LogP contribution in [0, 0.1) is 5.92 Å². The molecule has 1 aliphatic heterocycles. The third-order valence-corrected chi connectivity index (χ3v) is 5.07. The molecule has 3 atom stereocenters. The summed E-state index contributed by atoms with van der Waals surface area (Å²) in [6.07, 6.45) is 3.89. The molecule has 0 spiro atoms. The molecule has 4 nitrogen and oxygen atoms in total. The largest absolute Gasteiger partial charge is 0.481 e. The standard InChI is InChI=1S/C16H18N2O2/c1-18-8-10(16(19)20)5-12-11-3-2-4-13-15(11)9(7-17-13)6-14(12)18/h2-4,7,10,12,14,17H,5-6,8H2,1H3,(H,19,20)/t10-,12-,14-/m1/s1. The van der Waals surface area contributed by atoms with E-state index in [1.54, 1.807) is 0 Å². The first-order valence-electron chi connectivity index (χ1n) is 7.17. The monoisotopic (exact) mass is 270 g/mol. The maximum absolute atomic E-state index is 11.4. The van der Waals surface area contributed by atoms with Gasteiger partial charge in [0.2, 0.25) is 0 Å². The Morgan fingerprint density at radius 1 is 1.45 bits per heavy atom. The lowest BCUT2D eigenvalue weighted by atomic mass is 9.72. The molecule has 0 bridgehead atoms. The minimum Gasteiger partial charge on any atom is -0.481 e. The Balaban J connectivity index is 1.85. The van der Waals surface area contributed by atoms with E-state index in [1.807, 2.05) is 0 Å². The fourth-order valence-corrected chi connectivity index (χ4v) is 4.12. The third-order valence-electron chi connectivity index (χ3n) is 5.07. The van der Waals surface area contributed by atoms with Crippen molar-refractivity contribution in [2.75, 3.05) is 13.6 Å². The van der Waals surface area contributed by atoms with E-state index < -0.39 is 5.97 Å². The summed E-state index contributed by atoms with van der Waals surface area (Å²) in [5, 5.41) is 10.7. The number of nitrogens with zero attached hydrogens (tertiary/aromatic N) is 1. The number of carboxylic acid groups (broad SMARTS) is 1. The van der Waals surface area contributed by atoms with Gasteiger partial charge in [-0.3, -0.25) is 4.79 Å². The maximum Gasteiger partial charge on any atom is 0.307 e. The highest BCUT2D eigenvalue weighted by molar-refractivity contribution is 5.88. The summed E-state index contributed by atoms with van der Waals surface area (Å²) in [5.41, 5.74) is 3.88. The summed E-state index contributed by atoms with van der Waals surface area (Å²) in [4.78, 5) is 17.0. The fourth-order valence-electron chi connectivity index (χ4n) is 4.12. The first kappa shape index (κ1) is 12.0. The Morgan fingerprint density at radius 2 is 2.30 bits per heavy atom. The van der Waals surface area contributed by atoms with Crippen LogP contribution in [0.1, 0.15) is 23.5 Å². The van der Waals surface area contributed by atoms with Gasteiger partial charge in [0, 0.05) is 35.6 Å². The highest BCUT2D eigenvalue weighted by Gasteiger charge is 2.41. The molecule has 1 fully saturated rings. The van der Waals surface area contributed by atoms with Crippen LogP contribution >= 0.6 is 0 Å². The topological polar surface area (TPSA) is 56.3 Å². The number of H-pyrrole nitrogens is 1. The molecular formula is C16H18N2O2. The Morgan fingerprint density at radius 3 is 3.10 bits per heavy atom. The molecule has 4 rings (SSSR count). The number of fused-ring (bicyclic) bond motifs is 2. The van der Waals surface area contributed by atoms with Gasteiger partial charge >= 0.3 is 5.97 Å². The molecule has 104 valence electrons. The molecule has 1 aromatic carbocycles. The number of aromatic amines is 1. The van der Waals surface area contributed by atoms with Crippen LogP contribution in [0.25, 0.3) is 10.9 Å². The second-order valence-corrected chi connectivity index (χ2v) is 6.17. The number of aromatic nitrogens is 1. The first-order valence-corrected chi connectivity index (χ1v) is 7.17. The number of hydrogen-bond acceptors (Lipinski definition) is 2. The van der Waals surface area contributed by atoms with E-state index >= 15 is 0 Å². The summed E-state index contributed by atoms with van der Waals surface area (Å²) >= 11 is 0. The van der Waals surface area contributed by atoms with E-state index in [0.29, 0.717) is 18.5 Å². The van der Waals surface area contributed by atoms with E-state index in [0.717, 1.165) is 12.8 Å². The van der Waals surface area contributed by atoms with Crippen molar-refractivity contribution in [1.82, 2.24) is 9.88 Å². The van der Waals surface area contributed by atoms with E-state index in [2.05, 4.69) is 41.3 Å². The number of nitrogens with one attached hydrogen (secondary N) is 1. The van der Waals surface area contributed by atoms with E-state index in [9.17, 15) is 9.90 Å². The van der Waals surface area contributed by atoms with Crippen LogP contribution in [-0.4, -0.2) is 40.6 Å². The predicted octanol–water partition coefficient (Wildman–Crippen LogP) is 2.21. The number of aliphatic carboxylic acids is 1. The Hall–Kier alpha value is -1.81. The molecule has 1 saturated heterocycles. The molecule has 0 saturated carbocycles. The average molecular weight is 270 g/mol. The van der Waals surface area contributed by atoms with Gasteiger partial charge in [-0.2, -0.15) is 0 Å². The molecule has 0 radical (unpaired) electrons. The summed E-state index contributed by atoms with van der Waals surface area (Å²) < 4.78 is 0. The number of benzene rings is 1. The quantitative estimate of drug-likeness (QED) is 0.835. The van der Waals surface area contributed by atoms with Crippen molar-refractivity contribution in [2.24, 2.45) is 5.92 Å². The summed E-state index contributed by atoms with van der Waals surface area (Å²) in [7, 11) is 2.06. The molecular weight excluding hydrogens is 252 g/mol. The molecule has 4 heteroatoms. The lowest BCUT2D eigenvalue weighted by Gasteiger charge is -2.44. The van der Waals surface area contributed by atoms with Crippen LogP contribution < -0.4 is 0 Å². The zero-order valence-electron chi connectivity index (χ0n) is 11.5. The number of carbonyl (C=O) groups is 1. The number of likely N-dealkylation sites (N-methyl/N-ethyl adjacent to an activating group) is 1. The molecule has 2 aliphatic rings. The number of piperidine rings is 1. The zero-order chi connectivity index (χ0) is 13.9. The van der Waals surface area contributed by atoms with Gasteiger partial charge in [-0.15, -0.1) is 0 Å². The molecule has 0 amide bonds. The van der Waals surface area contributed by atoms with Gasteiger partial charge in [0.1, 0.15) is 0 Å². The van der Waals surface area contributed by atoms with E-state index in [-0.39, 0.29) is 5.92 Å². The van der Waals surface area contributed by atoms with Gasteiger partial charge in [-0.1, -0.05) is 12.1 Å². The van der Waals surface area contributed by atoms with Crippen LogP contribution in [-0.2, 0) is 11.2 Å². The molecule has 2 N–H and O–H groups in total. The highest BCUT2D eigenvalue weighted by Crippen LogP contribution is 2.44. The van der Waals surface area contributed by atoms with E-state index in [1.165, 1.54) is 22.0 Å². The number of likely N-dealkylation sites (tertiary alicyclic amines) is 1. The summed E-state index contributed by atoms with van der Waals surface area (Å²) in [5.74, 6) is -0.582. The minimum absolute atomic E-state index is 0.253. The Kier molecular flexibility index (Phi) is 2.45. The third kappa shape index (κ3) is 1.54. The minimum atomic E-state index is -0.664. The smallest absolute Gasteiger partial charge is 0.307 e. The van der Waals surface area contributed by atoms with Crippen LogP contribution in [0.5, 0.6) is 0 Å². The van der Waals surface area contributed by atoms with Gasteiger partial charge < -0.3 is 15.0 Å². The van der Waals surface area contributed by atoms with Crippen molar-refractivity contribution in [1.29, 1.82) is 0 Å². The maximum atomic E-state index is 11.4. The number of hydrogen-bond donors (Lipinski definition) is 2. The number of rotatable bonds is 1. The van der Waals surface area contributed by atoms with Crippen molar-refractivity contribution in [2.45, 2.75) is 24.8 Å². The Labute approximate surface area is 117 Å². The van der Waals surface area contributed by atoms with Crippen LogP contribution in [0.15, 0.2) is 24.4 Å². The number of carboxylic acids is 1. The highest BCUT2D eigenvalue weighted by atomic mass is 16.4. The van der Waals surface area contributed by atoms with Gasteiger partial charge in [-0.05, 0) is 37.1 Å². The van der Waals surface area contributed by atoms with Gasteiger partial charge in [0.25, 0.3) is 0 Å². The average Bonchev–Trinajstić information content (AvgIpc) is 2.84. The summed E-state index contributed by atoms with van der Waals surface area (Å²) in [6.45, 7) is 0.659. The van der Waals surface area contributed by atoms with Crippen LogP contribution in [0.2, 0.25) is 0 Å². The zero-order valence-corrected chi connectivity index (χ0v) is 11.5. The SMILES string of the molecule is CN1C[C@H](C(=O)O)C[C@@H]2c3cccc4[nH]cc(c34)C[C@H]21. The fraction of sp³-hybridized carbons (Fsp3) is 0.438. The van der Waals surface area contributed by atoms with E-state index in [4.69, 9.17) is 0 Å². The Bertz CT molecular complexity index is 691. The molecule has 20 heavy (non-hydrogen) atoms. The van der Waals surface area contributed by atoms with Crippen molar-refractivity contribution < 1.29 is 9.90 Å². The molecule has 2 heterocycles. The lowest BCUT2D eigenvalue weighted by molar-refractivity contribution is -0.144. The van der Waals surface area contributed by atoms with Gasteiger partial charge in [0.05, 0.1) is 5.92 Å². The predicted molar refractivity (Wildman–Crippen MR) is 76.9 cm³/mol. The molecule has 1 aromatic heterocycles. The molecule has 2 aromatic rings.